The lowest BCUT2D eigenvalue weighted by Crippen LogP contribution is -1.98. The monoisotopic (exact) mass is 316 g/mol. The second kappa shape index (κ2) is 6.00. The number of hydrogen-bond acceptors (Lipinski definition) is 5. The molecule has 0 saturated heterocycles. The van der Waals surface area contributed by atoms with Gasteiger partial charge in [-0.15, -0.1) is 0 Å². The van der Waals surface area contributed by atoms with Crippen LogP contribution in [0.15, 0.2) is 67.1 Å². The van der Waals surface area contributed by atoms with Crippen LogP contribution in [0.5, 0.6) is 0 Å². The molecular formula is C18H16N6. The number of para-hydroxylation sites is 1. The maximum absolute atomic E-state index is 4.33. The summed E-state index contributed by atoms with van der Waals surface area (Å²) in [7, 11) is 1.86. The van der Waals surface area contributed by atoms with Crippen molar-refractivity contribution in [1.29, 1.82) is 0 Å². The van der Waals surface area contributed by atoms with Gasteiger partial charge in [-0.25, -0.2) is 9.97 Å². The Morgan fingerprint density at radius 3 is 2.42 bits per heavy atom. The van der Waals surface area contributed by atoms with Gasteiger partial charge >= 0.3 is 0 Å². The van der Waals surface area contributed by atoms with Crippen molar-refractivity contribution in [3.8, 4) is 0 Å². The van der Waals surface area contributed by atoms with E-state index >= 15 is 0 Å². The molecule has 2 N–H and O–H groups in total. The Morgan fingerprint density at radius 1 is 0.833 bits per heavy atom. The Hall–Kier alpha value is -3.41. The highest BCUT2D eigenvalue weighted by molar-refractivity contribution is 5.88. The van der Waals surface area contributed by atoms with Gasteiger partial charge in [0.1, 0.15) is 12.1 Å². The lowest BCUT2D eigenvalue weighted by atomic mass is 10.2. The molecule has 0 unspecified atom stereocenters. The molecule has 0 fully saturated rings. The predicted molar refractivity (Wildman–Crippen MR) is 95.8 cm³/mol. The summed E-state index contributed by atoms with van der Waals surface area (Å²) in [4.78, 5) is 8.59. The van der Waals surface area contributed by atoms with Crippen molar-refractivity contribution in [3.63, 3.8) is 0 Å². The van der Waals surface area contributed by atoms with E-state index in [4.69, 9.17) is 0 Å². The summed E-state index contributed by atoms with van der Waals surface area (Å²) in [6.07, 6.45) is 3.31. The molecular weight excluding hydrogens is 300 g/mol. The Kier molecular flexibility index (Phi) is 3.55. The molecule has 0 aliphatic heterocycles. The summed E-state index contributed by atoms with van der Waals surface area (Å²) >= 11 is 0. The third-order valence-corrected chi connectivity index (χ3v) is 3.72. The third-order valence-electron chi connectivity index (χ3n) is 3.72. The van der Waals surface area contributed by atoms with Gasteiger partial charge < -0.3 is 10.6 Å². The molecule has 6 heteroatoms. The predicted octanol–water partition coefficient (Wildman–Crippen LogP) is 3.85. The summed E-state index contributed by atoms with van der Waals surface area (Å²) in [5.74, 6) is 0.741. The summed E-state index contributed by atoms with van der Waals surface area (Å²) in [6, 6.07) is 18.1. The number of rotatable bonds is 4. The maximum atomic E-state index is 4.33. The van der Waals surface area contributed by atoms with Crippen LogP contribution < -0.4 is 10.6 Å². The number of fused-ring (bicyclic) bond motifs is 1. The smallest absolute Gasteiger partial charge is 0.163 e. The Labute approximate surface area is 139 Å². The lowest BCUT2D eigenvalue weighted by molar-refractivity contribution is 0.785. The van der Waals surface area contributed by atoms with Crippen LogP contribution in [0.1, 0.15) is 0 Å². The number of hydrogen-bond donors (Lipinski definition) is 2. The fraction of sp³-hybridized carbons (Fsp3) is 0.0556. The zero-order chi connectivity index (χ0) is 16.4. The van der Waals surface area contributed by atoms with E-state index in [9.17, 15) is 0 Å². The van der Waals surface area contributed by atoms with Crippen molar-refractivity contribution in [2.24, 2.45) is 7.05 Å². The quantitative estimate of drug-likeness (QED) is 0.598. The molecule has 0 bridgehead atoms. The topological polar surface area (TPSA) is 67.7 Å². The molecule has 0 atom stereocenters. The van der Waals surface area contributed by atoms with Gasteiger partial charge in [-0.2, -0.15) is 5.10 Å². The molecule has 0 aliphatic rings. The summed E-state index contributed by atoms with van der Waals surface area (Å²) < 4.78 is 1.73. The first-order valence-corrected chi connectivity index (χ1v) is 7.61. The van der Waals surface area contributed by atoms with E-state index in [0.717, 1.165) is 33.9 Å². The van der Waals surface area contributed by atoms with E-state index in [-0.39, 0.29) is 0 Å². The van der Waals surface area contributed by atoms with Crippen molar-refractivity contribution >= 4 is 33.9 Å². The van der Waals surface area contributed by atoms with Crippen LogP contribution >= 0.6 is 0 Å². The van der Waals surface area contributed by atoms with E-state index in [1.807, 2.05) is 61.6 Å². The highest BCUT2D eigenvalue weighted by Gasteiger charge is 2.08. The van der Waals surface area contributed by atoms with Gasteiger partial charge in [0.2, 0.25) is 0 Å². The van der Waals surface area contributed by atoms with E-state index in [2.05, 4.69) is 25.7 Å². The largest absolute Gasteiger partial charge is 0.355 e. The average Bonchev–Trinajstić information content (AvgIpc) is 2.99. The number of nitrogens with zero attached hydrogens (tertiary/aromatic N) is 4. The van der Waals surface area contributed by atoms with Crippen LogP contribution in [0, 0.1) is 0 Å². The highest BCUT2D eigenvalue weighted by atomic mass is 15.3. The first kappa shape index (κ1) is 14.2. The number of benzene rings is 2. The Balaban J connectivity index is 1.61. The fourth-order valence-corrected chi connectivity index (χ4v) is 2.56. The van der Waals surface area contributed by atoms with Gasteiger partial charge in [0, 0.05) is 24.1 Å². The SMILES string of the molecule is Cn1ncc2c(Nc3cccc(Nc4ccccc4)c3)ncnc21. The van der Waals surface area contributed by atoms with Gasteiger partial charge in [0.05, 0.1) is 11.6 Å². The molecule has 0 aliphatic carbocycles. The van der Waals surface area contributed by atoms with Crippen molar-refractivity contribution < 1.29 is 0 Å². The zero-order valence-electron chi connectivity index (χ0n) is 13.1. The minimum absolute atomic E-state index is 0.741. The second-order valence-corrected chi connectivity index (χ2v) is 5.42. The molecule has 4 aromatic rings. The molecule has 118 valence electrons. The molecule has 0 spiro atoms. The van der Waals surface area contributed by atoms with Crippen molar-refractivity contribution in [1.82, 2.24) is 19.7 Å². The molecule has 0 amide bonds. The molecule has 24 heavy (non-hydrogen) atoms. The van der Waals surface area contributed by atoms with Gasteiger partial charge in [0.15, 0.2) is 5.65 Å². The van der Waals surface area contributed by atoms with Crippen LogP contribution in [-0.4, -0.2) is 19.7 Å². The molecule has 6 nitrogen and oxygen atoms in total. The third kappa shape index (κ3) is 2.77. The van der Waals surface area contributed by atoms with E-state index in [1.165, 1.54) is 0 Å². The van der Waals surface area contributed by atoms with E-state index in [0.29, 0.717) is 0 Å². The molecule has 4 rings (SSSR count). The first-order valence-electron chi connectivity index (χ1n) is 7.61. The van der Waals surface area contributed by atoms with Crippen LogP contribution in [0.3, 0.4) is 0 Å². The zero-order valence-corrected chi connectivity index (χ0v) is 13.1. The average molecular weight is 316 g/mol. The van der Waals surface area contributed by atoms with Crippen molar-refractivity contribution in [3.05, 3.63) is 67.1 Å². The molecule has 2 aromatic carbocycles. The summed E-state index contributed by atoms with van der Waals surface area (Å²) in [5.41, 5.74) is 3.79. The van der Waals surface area contributed by atoms with E-state index in [1.54, 1.807) is 17.2 Å². The van der Waals surface area contributed by atoms with Crippen LogP contribution in [0.25, 0.3) is 11.0 Å². The minimum atomic E-state index is 0.741. The summed E-state index contributed by atoms with van der Waals surface area (Å²) in [6.45, 7) is 0. The fourth-order valence-electron chi connectivity index (χ4n) is 2.56. The maximum Gasteiger partial charge on any atom is 0.163 e. The summed E-state index contributed by atoms with van der Waals surface area (Å²) in [5, 5.41) is 11.8. The van der Waals surface area contributed by atoms with Crippen molar-refractivity contribution in [2.45, 2.75) is 0 Å². The minimum Gasteiger partial charge on any atom is -0.355 e. The van der Waals surface area contributed by atoms with Crippen LogP contribution in [0.4, 0.5) is 22.9 Å². The molecule has 0 radical (unpaired) electrons. The number of nitrogens with one attached hydrogen (secondary N) is 2. The Morgan fingerprint density at radius 2 is 1.58 bits per heavy atom. The first-order chi connectivity index (χ1) is 11.8. The number of anilines is 4. The van der Waals surface area contributed by atoms with Crippen LogP contribution in [0.2, 0.25) is 0 Å². The van der Waals surface area contributed by atoms with Crippen LogP contribution in [-0.2, 0) is 7.05 Å². The second-order valence-electron chi connectivity index (χ2n) is 5.42. The highest BCUT2D eigenvalue weighted by Crippen LogP contribution is 2.25. The van der Waals surface area contributed by atoms with Gasteiger partial charge in [-0.1, -0.05) is 24.3 Å². The van der Waals surface area contributed by atoms with Crippen molar-refractivity contribution in [2.75, 3.05) is 10.6 Å². The van der Waals surface area contributed by atoms with Gasteiger partial charge in [0.25, 0.3) is 0 Å². The molecule has 2 aromatic heterocycles. The lowest BCUT2D eigenvalue weighted by Gasteiger charge is -2.10. The Bertz CT molecular complexity index is 977. The molecule has 0 saturated carbocycles. The normalized spacial score (nSPS) is 10.7. The molecule has 2 heterocycles. The number of aryl methyl sites for hydroxylation is 1. The standard InChI is InChI=1S/C18H16N6/c1-24-18-16(11-21-24)17(19-12-20-18)23-15-9-5-8-14(10-15)22-13-6-3-2-4-7-13/h2-12,22H,1H3,(H,19,20,23). The van der Waals surface area contributed by atoms with E-state index < -0.39 is 0 Å². The number of aromatic nitrogens is 4. The van der Waals surface area contributed by atoms with Gasteiger partial charge in [-0.05, 0) is 30.3 Å². The van der Waals surface area contributed by atoms with Gasteiger partial charge in [-0.3, -0.25) is 4.68 Å².